The van der Waals surface area contributed by atoms with Gasteiger partial charge in [-0.05, 0) is 55.4 Å². The minimum absolute atomic E-state index is 0.00202. The molecule has 1 aromatic rings. The lowest BCUT2D eigenvalue weighted by molar-refractivity contribution is -0.149. The molecular weight excluding hydrogens is 398 g/mol. The van der Waals surface area contributed by atoms with Gasteiger partial charge in [-0.3, -0.25) is 0 Å². The van der Waals surface area contributed by atoms with Gasteiger partial charge in [0.15, 0.2) is 0 Å². The average Bonchev–Trinajstić information content (AvgIpc) is 2.46. The summed E-state index contributed by atoms with van der Waals surface area (Å²) in [5, 5.41) is 0. The molecule has 5 heteroatoms. The summed E-state index contributed by atoms with van der Waals surface area (Å²) in [6, 6.07) is 6.35. The van der Waals surface area contributed by atoms with Crippen molar-refractivity contribution in [3.63, 3.8) is 0 Å². The van der Waals surface area contributed by atoms with Gasteiger partial charge in [0, 0.05) is 34.8 Å². The fourth-order valence-electron chi connectivity index (χ4n) is 3.50. The Kier molecular flexibility index (Phi) is 5.06. The molecular formula is C16H21Br2NO2. The zero-order chi connectivity index (χ0) is 14.9. The highest BCUT2D eigenvalue weighted by atomic mass is 79.9. The van der Waals surface area contributed by atoms with Gasteiger partial charge in [-0.1, -0.05) is 31.9 Å². The quantitative estimate of drug-likeness (QED) is 0.783. The van der Waals surface area contributed by atoms with Gasteiger partial charge in [-0.15, -0.1) is 0 Å². The monoisotopic (exact) mass is 417 g/mol. The largest absolute Gasteiger partial charge is 0.381 e. The van der Waals surface area contributed by atoms with Crippen LogP contribution in [0.2, 0.25) is 0 Å². The summed E-state index contributed by atoms with van der Waals surface area (Å²) in [5.74, 6) is 0.470. The number of hydrogen-bond acceptors (Lipinski definition) is 3. The van der Waals surface area contributed by atoms with Gasteiger partial charge in [0.1, 0.15) is 0 Å². The lowest BCUT2D eigenvalue weighted by Gasteiger charge is -2.44. The Balaban J connectivity index is 1.76. The van der Waals surface area contributed by atoms with Crippen LogP contribution in [0.25, 0.3) is 0 Å². The van der Waals surface area contributed by atoms with E-state index >= 15 is 0 Å². The number of halogens is 2. The van der Waals surface area contributed by atoms with Gasteiger partial charge in [-0.2, -0.15) is 0 Å². The van der Waals surface area contributed by atoms with Crippen LogP contribution in [0.5, 0.6) is 0 Å². The smallest absolute Gasteiger partial charge is 0.0729 e. The van der Waals surface area contributed by atoms with Crippen LogP contribution in [-0.2, 0) is 9.47 Å². The van der Waals surface area contributed by atoms with E-state index in [2.05, 4.69) is 44.0 Å². The van der Waals surface area contributed by atoms with Crippen molar-refractivity contribution in [2.45, 2.75) is 37.3 Å². The lowest BCUT2D eigenvalue weighted by Crippen LogP contribution is -2.46. The maximum Gasteiger partial charge on any atom is 0.0729 e. The summed E-state index contributed by atoms with van der Waals surface area (Å²) in [6.45, 7) is 2.43. The van der Waals surface area contributed by atoms with E-state index in [-0.39, 0.29) is 11.6 Å². The molecule has 2 aliphatic rings. The molecule has 0 aromatic heterocycles. The van der Waals surface area contributed by atoms with E-state index in [4.69, 9.17) is 15.2 Å². The van der Waals surface area contributed by atoms with Gasteiger partial charge in [0.05, 0.1) is 5.60 Å². The number of hydrogen-bond donors (Lipinski definition) is 1. The zero-order valence-corrected chi connectivity index (χ0v) is 15.2. The third kappa shape index (κ3) is 3.70. The molecule has 1 spiro atoms. The fraction of sp³-hybridized carbons (Fsp3) is 0.625. The van der Waals surface area contributed by atoms with Crippen LogP contribution >= 0.6 is 31.9 Å². The van der Waals surface area contributed by atoms with Crippen LogP contribution in [0.15, 0.2) is 27.1 Å². The molecule has 0 amide bonds. The molecule has 1 aromatic carbocycles. The summed E-state index contributed by atoms with van der Waals surface area (Å²) in [5.41, 5.74) is 7.76. The topological polar surface area (TPSA) is 44.5 Å². The normalized spacial score (nSPS) is 26.7. The van der Waals surface area contributed by atoms with E-state index in [1.54, 1.807) is 0 Å². The average molecular weight is 419 g/mol. The molecule has 0 bridgehead atoms. The second kappa shape index (κ2) is 6.67. The van der Waals surface area contributed by atoms with E-state index < -0.39 is 0 Å². The van der Waals surface area contributed by atoms with E-state index in [1.165, 1.54) is 5.56 Å². The molecule has 2 heterocycles. The second-order valence-electron chi connectivity index (χ2n) is 6.13. The summed E-state index contributed by atoms with van der Waals surface area (Å²) in [6.07, 6.45) is 4.08. The number of ether oxygens (including phenoxy) is 2. The Labute approximate surface area is 142 Å². The number of rotatable bonds is 2. The Morgan fingerprint density at radius 1 is 1.10 bits per heavy atom. The van der Waals surface area contributed by atoms with Crippen LogP contribution in [0.1, 0.15) is 37.3 Å². The number of nitrogens with two attached hydrogens (primary N) is 1. The lowest BCUT2D eigenvalue weighted by atomic mass is 9.76. The Bertz CT molecular complexity index is 477. The zero-order valence-electron chi connectivity index (χ0n) is 12.0. The molecule has 2 aliphatic heterocycles. The number of benzene rings is 1. The van der Waals surface area contributed by atoms with Crippen molar-refractivity contribution < 1.29 is 9.47 Å². The molecule has 21 heavy (non-hydrogen) atoms. The molecule has 2 unspecified atom stereocenters. The summed E-state index contributed by atoms with van der Waals surface area (Å²) < 4.78 is 13.7. The third-order valence-corrected chi connectivity index (χ3v) is 5.63. The van der Waals surface area contributed by atoms with Crippen molar-refractivity contribution in [2.24, 2.45) is 11.7 Å². The molecule has 2 saturated heterocycles. The van der Waals surface area contributed by atoms with Gasteiger partial charge >= 0.3 is 0 Å². The fourth-order valence-corrected chi connectivity index (χ4v) is 4.83. The first-order valence-corrected chi connectivity index (χ1v) is 9.10. The highest BCUT2D eigenvalue weighted by Crippen LogP contribution is 2.41. The Hall–Kier alpha value is 0.0600. The van der Waals surface area contributed by atoms with Gasteiger partial charge in [0.25, 0.3) is 0 Å². The van der Waals surface area contributed by atoms with Crippen molar-refractivity contribution in [1.29, 1.82) is 0 Å². The van der Waals surface area contributed by atoms with Crippen LogP contribution < -0.4 is 5.73 Å². The SMILES string of the molecule is NC(c1cc(Br)cc(Br)c1)C1CCOC2(CCOCC2)C1. The summed E-state index contributed by atoms with van der Waals surface area (Å²) in [4.78, 5) is 0. The molecule has 3 rings (SSSR count). The molecule has 0 aliphatic carbocycles. The van der Waals surface area contributed by atoms with Gasteiger partial charge < -0.3 is 15.2 Å². The Morgan fingerprint density at radius 3 is 2.43 bits per heavy atom. The van der Waals surface area contributed by atoms with Crippen molar-refractivity contribution in [1.82, 2.24) is 0 Å². The highest BCUT2D eigenvalue weighted by molar-refractivity contribution is 9.11. The first-order chi connectivity index (χ1) is 10.1. The van der Waals surface area contributed by atoms with Crippen LogP contribution in [0.3, 0.4) is 0 Å². The molecule has 2 fully saturated rings. The predicted octanol–water partition coefficient (Wildman–Crippen LogP) is 4.19. The highest BCUT2D eigenvalue weighted by Gasteiger charge is 2.40. The first-order valence-electron chi connectivity index (χ1n) is 7.51. The molecule has 3 nitrogen and oxygen atoms in total. The molecule has 116 valence electrons. The summed E-state index contributed by atoms with van der Waals surface area (Å²) >= 11 is 7.10. The third-order valence-electron chi connectivity index (χ3n) is 4.71. The minimum atomic E-state index is 0.00202. The van der Waals surface area contributed by atoms with Crippen LogP contribution in [0, 0.1) is 5.92 Å². The van der Waals surface area contributed by atoms with Gasteiger partial charge in [0.2, 0.25) is 0 Å². The molecule has 0 radical (unpaired) electrons. The van der Waals surface area contributed by atoms with E-state index in [0.29, 0.717) is 5.92 Å². The van der Waals surface area contributed by atoms with Crippen molar-refractivity contribution >= 4 is 31.9 Å². The summed E-state index contributed by atoms with van der Waals surface area (Å²) in [7, 11) is 0. The van der Waals surface area contributed by atoms with E-state index in [9.17, 15) is 0 Å². The molecule has 2 atom stereocenters. The molecule has 0 saturated carbocycles. The van der Waals surface area contributed by atoms with E-state index in [0.717, 1.165) is 54.4 Å². The van der Waals surface area contributed by atoms with Crippen molar-refractivity contribution in [2.75, 3.05) is 19.8 Å². The second-order valence-corrected chi connectivity index (χ2v) is 7.96. The van der Waals surface area contributed by atoms with Crippen molar-refractivity contribution in [3.8, 4) is 0 Å². The Morgan fingerprint density at radius 2 is 1.76 bits per heavy atom. The van der Waals surface area contributed by atoms with Crippen LogP contribution in [-0.4, -0.2) is 25.4 Å². The predicted molar refractivity (Wildman–Crippen MR) is 90.2 cm³/mol. The van der Waals surface area contributed by atoms with Crippen LogP contribution in [0.4, 0.5) is 0 Å². The first kappa shape index (κ1) is 15.9. The standard InChI is InChI=1S/C16H21Br2NO2/c17-13-7-12(8-14(18)9-13)15(19)11-1-4-21-16(10-11)2-5-20-6-3-16/h7-9,11,15H,1-6,10,19H2. The minimum Gasteiger partial charge on any atom is -0.381 e. The maximum atomic E-state index is 6.57. The van der Waals surface area contributed by atoms with E-state index in [1.807, 2.05) is 6.07 Å². The van der Waals surface area contributed by atoms with Gasteiger partial charge in [-0.25, -0.2) is 0 Å². The van der Waals surface area contributed by atoms with Crippen molar-refractivity contribution in [3.05, 3.63) is 32.7 Å². The molecule has 2 N–H and O–H groups in total. The maximum absolute atomic E-state index is 6.57.